The first kappa shape index (κ1) is 30.0. The predicted molar refractivity (Wildman–Crippen MR) is 144 cm³/mol. The van der Waals surface area contributed by atoms with Crippen molar-refractivity contribution in [1.29, 1.82) is 0 Å². The van der Waals surface area contributed by atoms with Crippen molar-refractivity contribution in [2.75, 3.05) is 0 Å². The number of nitrogens with one attached hydrogen (secondary N) is 1. The first-order valence-corrected chi connectivity index (χ1v) is 12.2. The second-order valence-electron chi connectivity index (χ2n) is 9.16. The van der Waals surface area contributed by atoms with Gasteiger partial charge in [-0.25, -0.2) is 9.59 Å². The van der Waals surface area contributed by atoms with Gasteiger partial charge >= 0.3 is 12.1 Å². The number of halogens is 2. The largest absolute Gasteiger partial charge is 0.508 e. The number of carboxylic acids is 1. The summed E-state index contributed by atoms with van der Waals surface area (Å²) in [5.74, 6) is -1.05. The Morgan fingerprint density at radius 1 is 0.865 bits per heavy atom. The quantitative estimate of drug-likeness (QED) is 0.292. The fourth-order valence-corrected chi connectivity index (χ4v) is 3.48. The van der Waals surface area contributed by atoms with Crippen molar-refractivity contribution >= 4 is 35.3 Å². The van der Waals surface area contributed by atoms with Crippen LogP contribution in [0.15, 0.2) is 72.8 Å². The van der Waals surface area contributed by atoms with Crippen molar-refractivity contribution in [3.8, 4) is 5.75 Å². The highest BCUT2D eigenvalue weighted by Crippen LogP contribution is 2.15. The number of rotatable bonds is 8. The number of hydrogen-bond acceptors (Lipinski definition) is 5. The zero-order valence-corrected chi connectivity index (χ0v) is 22.4. The van der Waals surface area contributed by atoms with Gasteiger partial charge in [-0.05, 0) is 73.9 Å². The number of phenolic OH excluding ortho intramolecular Hbond substituents is 1. The first-order valence-electron chi connectivity index (χ1n) is 11.5. The molecule has 0 aliphatic heterocycles. The Balaban J connectivity index is 0.000000263. The normalized spacial score (nSPS) is 11.6. The minimum atomic E-state index is -1.15. The van der Waals surface area contributed by atoms with Crippen LogP contribution in [0.3, 0.4) is 0 Å². The molecular weight excluding hydrogens is 517 g/mol. The molecule has 198 valence electrons. The average Bonchev–Trinajstić information content (AvgIpc) is 2.79. The Hall–Kier alpha value is -3.26. The summed E-state index contributed by atoms with van der Waals surface area (Å²) in [5, 5.41) is 22.1. The molecule has 0 aliphatic carbocycles. The fourth-order valence-electron chi connectivity index (χ4n) is 3.06. The zero-order valence-electron chi connectivity index (χ0n) is 20.9. The number of aliphatic carboxylic acids is 1. The van der Waals surface area contributed by atoms with Crippen molar-refractivity contribution in [3.05, 3.63) is 99.5 Å². The number of ether oxygens (including phenoxy) is 2. The predicted octanol–water partition coefficient (Wildman–Crippen LogP) is 6.62. The Morgan fingerprint density at radius 2 is 1.38 bits per heavy atom. The smallest absolute Gasteiger partial charge is 0.408 e. The highest BCUT2D eigenvalue weighted by atomic mass is 35.5. The van der Waals surface area contributed by atoms with Gasteiger partial charge in [0.05, 0.1) is 13.2 Å². The second kappa shape index (κ2) is 14.5. The molecule has 9 heteroatoms. The molecule has 3 aromatic rings. The summed E-state index contributed by atoms with van der Waals surface area (Å²) in [6, 6.07) is 20.3. The number of amides is 1. The number of alkyl carbamates (subject to hydrolysis) is 1. The Morgan fingerprint density at radius 3 is 1.81 bits per heavy atom. The van der Waals surface area contributed by atoms with Crippen LogP contribution in [0.25, 0.3) is 0 Å². The molecular formula is C28H31Cl2NO6. The third-order valence-corrected chi connectivity index (χ3v) is 5.15. The van der Waals surface area contributed by atoms with Crippen LogP contribution in [0.2, 0.25) is 10.0 Å². The lowest BCUT2D eigenvalue weighted by Crippen LogP contribution is -2.44. The molecule has 0 unspecified atom stereocenters. The topological polar surface area (TPSA) is 105 Å². The van der Waals surface area contributed by atoms with E-state index in [0.717, 1.165) is 21.2 Å². The molecule has 0 bridgehead atoms. The van der Waals surface area contributed by atoms with E-state index in [9.17, 15) is 9.59 Å². The molecule has 0 fully saturated rings. The summed E-state index contributed by atoms with van der Waals surface area (Å²) in [5.41, 5.74) is 2.14. The molecule has 0 aromatic heterocycles. The number of carbonyl (C=O) groups is 2. The summed E-state index contributed by atoms with van der Waals surface area (Å²) in [7, 11) is 0. The van der Waals surface area contributed by atoms with E-state index in [-0.39, 0.29) is 12.2 Å². The summed E-state index contributed by atoms with van der Waals surface area (Å²) in [6.45, 7) is 6.19. The van der Waals surface area contributed by atoms with Crippen LogP contribution in [0.1, 0.15) is 37.5 Å². The van der Waals surface area contributed by atoms with Crippen LogP contribution in [-0.2, 0) is 33.9 Å². The van der Waals surface area contributed by atoms with Crippen molar-refractivity contribution in [3.63, 3.8) is 0 Å². The van der Waals surface area contributed by atoms with E-state index in [1.807, 2.05) is 48.5 Å². The molecule has 0 spiro atoms. The molecule has 0 heterocycles. The van der Waals surface area contributed by atoms with E-state index in [0.29, 0.717) is 18.8 Å². The van der Waals surface area contributed by atoms with Crippen LogP contribution in [-0.4, -0.2) is 33.9 Å². The second-order valence-corrected chi connectivity index (χ2v) is 10.0. The molecule has 7 nitrogen and oxygen atoms in total. The van der Waals surface area contributed by atoms with Gasteiger partial charge in [-0.3, -0.25) is 0 Å². The van der Waals surface area contributed by atoms with Crippen LogP contribution >= 0.6 is 23.2 Å². The highest BCUT2D eigenvalue weighted by Gasteiger charge is 2.24. The molecule has 0 saturated carbocycles. The van der Waals surface area contributed by atoms with E-state index >= 15 is 0 Å². The van der Waals surface area contributed by atoms with E-state index < -0.39 is 23.7 Å². The summed E-state index contributed by atoms with van der Waals surface area (Å²) in [6.07, 6.45) is -0.668. The zero-order chi connectivity index (χ0) is 27.4. The van der Waals surface area contributed by atoms with Gasteiger partial charge in [-0.2, -0.15) is 0 Å². The van der Waals surface area contributed by atoms with Crippen molar-refractivity contribution < 1.29 is 29.3 Å². The summed E-state index contributed by atoms with van der Waals surface area (Å²) < 4.78 is 10.6. The Kier molecular flexibility index (Phi) is 11.7. The van der Waals surface area contributed by atoms with Crippen molar-refractivity contribution in [2.24, 2.45) is 0 Å². The summed E-state index contributed by atoms with van der Waals surface area (Å²) >= 11 is 11.8. The molecule has 3 N–H and O–H groups in total. The minimum Gasteiger partial charge on any atom is -0.508 e. The van der Waals surface area contributed by atoms with Crippen LogP contribution in [0, 0.1) is 0 Å². The number of benzene rings is 3. The Bertz CT molecular complexity index is 1120. The highest BCUT2D eigenvalue weighted by molar-refractivity contribution is 6.30. The molecule has 3 rings (SSSR count). The molecule has 3 aromatic carbocycles. The number of aromatic hydroxyl groups is 1. The van der Waals surface area contributed by atoms with Crippen LogP contribution in [0.5, 0.6) is 5.75 Å². The van der Waals surface area contributed by atoms with E-state index in [4.69, 9.17) is 42.9 Å². The molecule has 0 radical (unpaired) electrons. The number of phenols is 1. The number of carbonyl (C=O) groups excluding carboxylic acids is 1. The fraction of sp³-hybridized carbons (Fsp3) is 0.286. The molecule has 37 heavy (non-hydrogen) atoms. The molecule has 1 amide bonds. The minimum absolute atomic E-state index is 0.0979. The first-order chi connectivity index (χ1) is 17.4. The van der Waals surface area contributed by atoms with Gasteiger partial charge in [0.2, 0.25) is 0 Å². The van der Waals surface area contributed by atoms with Gasteiger partial charge < -0.3 is 25.0 Å². The Labute approximate surface area is 226 Å². The number of carboxylic acid groups (broad SMARTS) is 1. The van der Waals surface area contributed by atoms with Crippen LogP contribution < -0.4 is 5.32 Å². The molecule has 1 atom stereocenters. The van der Waals surface area contributed by atoms with Gasteiger partial charge in [0.1, 0.15) is 17.4 Å². The van der Waals surface area contributed by atoms with Crippen molar-refractivity contribution in [1.82, 2.24) is 5.32 Å². The van der Waals surface area contributed by atoms with Gasteiger partial charge in [0.25, 0.3) is 0 Å². The summed E-state index contributed by atoms with van der Waals surface area (Å²) in [4.78, 5) is 22.7. The lowest BCUT2D eigenvalue weighted by atomic mass is 10.1. The maximum absolute atomic E-state index is 11.6. The molecule has 0 saturated heterocycles. The maximum atomic E-state index is 11.6. The van der Waals surface area contributed by atoms with Gasteiger partial charge in [0.15, 0.2) is 0 Å². The van der Waals surface area contributed by atoms with E-state index in [1.54, 1.807) is 32.9 Å². The van der Waals surface area contributed by atoms with Gasteiger partial charge in [-0.1, -0.05) is 59.6 Å². The maximum Gasteiger partial charge on any atom is 0.408 e. The standard InChI is InChI=1S/C14H12Cl2O.C14H19NO5/c15-13-5-1-3-11(7-13)9-17-10-12-4-2-6-14(16)8-12;1-14(2,3)20-13(19)15-11(12(17)18)8-9-4-6-10(16)7-5-9/h1-8H,9-10H2;4-7,11,16H,8H2,1-3H3,(H,15,19)(H,17,18)/t;11-/m.0/s1. The lowest BCUT2D eigenvalue weighted by molar-refractivity contribution is -0.139. The van der Waals surface area contributed by atoms with E-state index in [2.05, 4.69) is 5.32 Å². The van der Waals surface area contributed by atoms with Crippen molar-refractivity contribution in [2.45, 2.75) is 52.0 Å². The molecule has 0 aliphatic rings. The third-order valence-electron chi connectivity index (χ3n) is 4.68. The van der Waals surface area contributed by atoms with E-state index in [1.165, 1.54) is 12.1 Å². The lowest BCUT2D eigenvalue weighted by Gasteiger charge is -2.22. The van der Waals surface area contributed by atoms with Crippen LogP contribution in [0.4, 0.5) is 4.79 Å². The number of hydrogen-bond donors (Lipinski definition) is 3. The van der Waals surface area contributed by atoms with Gasteiger partial charge in [0, 0.05) is 16.5 Å². The third kappa shape index (κ3) is 12.5. The average molecular weight is 548 g/mol. The van der Waals surface area contributed by atoms with Gasteiger partial charge in [-0.15, -0.1) is 0 Å². The monoisotopic (exact) mass is 547 g/mol. The SMILES string of the molecule is CC(C)(C)OC(=O)N[C@@H](Cc1ccc(O)cc1)C(=O)O.Clc1cccc(COCc2cccc(Cl)c2)c1.